The van der Waals surface area contributed by atoms with E-state index >= 15 is 0 Å². The topological polar surface area (TPSA) is 75.7 Å². The predicted octanol–water partition coefficient (Wildman–Crippen LogP) is 5.63. The maximum absolute atomic E-state index is 13.2. The van der Waals surface area contributed by atoms with Gasteiger partial charge in [-0.25, -0.2) is 14.1 Å². The molecule has 0 saturated heterocycles. The Morgan fingerprint density at radius 2 is 1.51 bits per heavy atom. The van der Waals surface area contributed by atoms with Gasteiger partial charge in [-0.15, -0.1) is 0 Å². The van der Waals surface area contributed by atoms with Gasteiger partial charge in [0.25, 0.3) is 11.8 Å². The highest BCUT2D eigenvalue weighted by molar-refractivity contribution is 6.53. The van der Waals surface area contributed by atoms with Gasteiger partial charge in [0.15, 0.2) is 0 Å². The van der Waals surface area contributed by atoms with E-state index in [1.807, 2.05) is 30.3 Å². The van der Waals surface area contributed by atoms with Crippen molar-refractivity contribution >= 4 is 51.5 Å². The molecule has 0 spiro atoms. The third-order valence-electron chi connectivity index (χ3n) is 5.43. The predicted molar refractivity (Wildman–Crippen MR) is 131 cm³/mol. The van der Waals surface area contributed by atoms with Crippen LogP contribution >= 0.6 is 11.6 Å². The molecule has 0 saturated carbocycles. The molecule has 6 nitrogen and oxygen atoms in total. The summed E-state index contributed by atoms with van der Waals surface area (Å²) in [4.78, 5) is 38.8. The Kier molecular flexibility index (Phi) is 5.76. The first-order valence-electron chi connectivity index (χ1n) is 10.5. The second-order valence-corrected chi connectivity index (χ2v) is 8.09. The van der Waals surface area contributed by atoms with Crippen LogP contribution in [0.3, 0.4) is 0 Å². The Morgan fingerprint density at radius 3 is 2.23 bits per heavy atom. The normalized spacial score (nSPS) is 13.5. The lowest BCUT2D eigenvalue weighted by Crippen LogP contribution is -2.32. The van der Waals surface area contributed by atoms with E-state index in [1.165, 1.54) is 24.3 Å². The van der Waals surface area contributed by atoms with E-state index in [0.29, 0.717) is 17.0 Å². The van der Waals surface area contributed by atoms with Gasteiger partial charge in [0.2, 0.25) is 0 Å². The highest BCUT2D eigenvalue weighted by Gasteiger charge is 2.38. The number of ether oxygens (including phenoxy) is 1. The van der Waals surface area contributed by atoms with Crippen LogP contribution < -0.4 is 15.0 Å². The summed E-state index contributed by atoms with van der Waals surface area (Å²) in [7, 11) is 0. The smallest absolute Gasteiger partial charge is 0.343 e. The second kappa shape index (κ2) is 9.04. The van der Waals surface area contributed by atoms with Crippen LogP contribution in [0.4, 0.5) is 15.8 Å². The van der Waals surface area contributed by atoms with Crippen LogP contribution in [0, 0.1) is 5.82 Å². The molecule has 1 N–H and O–H groups in total. The van der Waals surface area contributed by atoms with Gasteiger partial charge in [-0.05, 0) is 71.4 Å². The fraction of sp³-hybridized carbons (Fsp3) is 0. The van der Waals surface area contributed by atoms with E-state index in [2.05, 4.69) is 5.32 Å². The number of benzene rings is 4. The third-order valence-corrected chi connectivity index (χ3v) is 5.78. The fourth-order valence-corrected chi connectivity index (χ4v) is 3.88. The van der Waals surface area contributed by atoms with Gasteiger partial charge in [-0.1, -0.05) is 41.9 Å². The average molecular weight is 487 g/mol. The van der Waals surface area contributed by atoms with Crippen LogP contribution in [0.5, 0.6) is 5.75 Å². The molecular formula is C27H16ClFN2O4. The number of imide groups is 1. The van der Waals surface area contributed by atoms with Crippen molar-refractivity contribution in [1.82, 2.24) is 0 Å². The molecule has 172 valence electrons. The number of hydrogen-bond acceptors (Lipinski definition) is 5. The standard InChI is InChI=1S/C27H16ClFN2O4/c28-23-24(26(33)31(25(23)32)21-12-8-19(29)9-13-21)30-20-10-5-17(6-11-20)27(34)35-22-14-7-16-3-1-2-4-18(16)15-22/h1-15,30H. The van der Waals surface area contributed by atoms with Gasteiger partial charge in [0.1, 0.15) is 22.3 Å². The van der Waals surface area contributed by atoms with Crippen molar-refractivity contribution in [2.75, 3.05) is 10.2 Å². The van der Waals surface area contributed by atoms with Gasteiger partial charge in [0, 0.05) is 5.69 Å². The Hall–Kier alpha value is -4.49. The molecule has 0 atom stereocenters. The lowest BCUT2D eigenvalue weighted by Gasteiger charge is -2.15. The molecule has 1 heterocycles. The van der Waals surface area contributed by atoms with Crippen molar-refractivity contribution in [3.63, 3.8) is 0 Å². The highest BCUT2D eigenvalue weighted by Crippen LogP contribution is 2.30. The van der Waals surface area contributed by atoms with Crippen molar-refractivity contribution in [2.45, 2.75) is 0 Å². The number of carbonyl (C=O) groups is 3. The molecule has 1 aliphatic heterocycles. The van der Waals surface area contributed by atoms with Crippen molar-refractivity contribution in [2.24, 2.45) is 0 Å². The molecule has 0 aliphatic carbocycles. The van der Waals surface area contributed by atoms with Gasteiger partial charge >= 0.3 is 5.97 Å². The first-order chi connectivity index (χ1) is 16.9. The molecule has 0 bridgehead atoms. The fourth-order valence-electron chi connectivity index (χ4n) is 3.67. The van der Waals surface area contributed by atoms with Crippen molar-refractivity contribution in [1.29, 1.82) is 0 Å². The van der Waals surface area contributed by atoms with Gasteiger partial charge in [-0.2, -0.15) is 0 Å². The number of hydrogen-bond donors (Lipinski definition) is 1. The molecule has 0 radical (unpaired) electrons. The van der Waals surface area contributed by atoms with Crippen molar-refractivity contribution in [3.8, 4) is 5.75 Å². The molecule has 4 aromatic carbocycles. The van der Waals surface area contributed by atoms with Crippen LogP contribution in [-0.2, 0) is 9.59 Å². The highest BCUT2D eigenvalue weighted by atomic mass is 35.5. The van der Waals surface area contributed by atoms with Gasteiger partial charge < -0.3 is 10.1 Å². The van der Waals surface area contributed by atoms with Crippen LogP contribution in [0.15, 0.2) is 102 Å². The number of amides is 2. The van der Waals surface area contributed by atoms with E-state index in [4.69, 9.17) is 16.3 Å². The Balaban J connectivity index is 1.29. The van der Waals surface area contributed by atoms with Crippen LogP contribution in [0.1, 0.15) is 10.4 Å². The Bertz CT molecular complexity index is 1510. The second-order valence-electron chi connectivity index (χ2n) is 7.71. The van der Waals surface area contributed by atoms with E-state index in [9.17, 15) is 18.8 Å². The summed E-state index contributed by atoms with van der Waals surface area (Å²) in [5.74, 6) is -2.01. The summed E-state index contributed by atoms with van der Waals surface area (Å²) in [6, 6.07) is 24.2. The number of nitrogens with zero attached hydrogens (tertiary/aromatic N) is 1. The number of fused-ring (bicyclic) bond motifs is 1. The SMILES string of the molecule is O=C(Oc1ccc2ccccc2c1)c1ccc(NC2=C(Cl)C(=O)N(c3ccc(F)cc3)C2=O)cc1. The molecule has 5 rings (SSSR count). The van der Waals surface area contributed by atoms with Crippen molar-refractivity contribution in [3.05, 3.63) is 113 Å². The zero-order valence-corrected chi connectivity index (χ0v) is 18.8. The average Bonchev–Trinajstić information content (AvgIpc) is 3.08. The summed E-state index contributed by atoms with van der Waals surface area (Å²) in [5.41, 5.74) is 0.809. The number of nitrogens with one attached hydrogen (secondary N) is 1. The van der Waals surface area contributed by atoms with Crippen LogP contribution in [0.2, 0.25) is 0 Å². The number of anilines is 2. The third kappa shape index (κ3) is 4.37. The molecule has 1 aliphatic rings. The monoisotopic (exact) mass is 486 g/mol. The number of carbonyl (C=O) groups excluding carboxylic acids is 3. The van der Waals surface area contributed by atoms with E-state index < -0.39 is 23.6 Å². The zero-order valence-electron chi connectivity index (χ0n) is 18.0. The van der Waals surface area contributed by atoms with E-state index in [1.54, 1.807) is 24.3 Å². The minimum Gasteiger partial charge on any atom is -0.423 e. The molecule has 2 amide bonds. The maximum Gasteiger partial charge on any atom is 0.343 e. The Labute approximate surface area is 204 Å². The molecule has 4 aromatic rings. The van der Waals surface area contributed by atoms with Crippen LogP contribution in [-0.4, -0.2) is 17.8 Å². The molecule has 0 unspecified atom stereocenters. The molecule has 35 heavy (non-hydrogen) atoms. The van der Waals surface area contributed by atoms with Gasteiger partial charge in [-0.3, -0.25) is 9.59 Å². The lowest BCUT2D eigenvalue weighted by atomic mass is 10.1. The summed E-state index contributed by atoms with van der Waals surface area (Å²) < 4.78 is 18.7. The zero-order chi connectivity index (χ0) is 24.5. The summed E-state index contributed by atoms with van der Waals surface area (Å²) in [6.45, 7) is 0. The first kappa shape index (κ1) is 22.3. The molecule has 0 fully saturated rings. The lowest BCUT2D eigenvalue weighted by molar-refractivity contribution is -0.120. The quantitative estimate of drug-likeness (QED) is 0.225. The van der Waals surface area contributed by atoms with E-state index in [-0.39, 0.29) is 16.4 Å². The Morgan fingerprint density at radius 1 is 0.829 bits per heavy atom. The summed E-state index contributed by atoms with van der Waals surface area (Å²) in [6.07, 6.45) is 0. The molecule has 8 heteroatoms. The summed E-state index contributed by atoms with van der Waals surface area (Å²) in [5, 5.41) is 4.52. The minimum absolute atomic E-state index is 0.118. The van der Waals surface area contributed by atoms with Crippen LogP contribution in [0.25, 0.3) is 10.8 Å². The van der Waals surface area contributed by atoms with E-state index in [0.717, 1.165) is 27.8 Å². The number of esters is 1. The largest absolute Gasteiger partial charge is 0.423 e. The van der Waals surface area contributed by atoms with Gasteiger partial charge in [0.05, 0.1) is 11.3 Å². The number of rotatable bonds is 5. The maximum atomic E-state index is 13.2. The molecular weight excluding hydrogens is 471 g/mol. The molecule has 0 aromatic heterocycles. The van der Waals surface area contributed by atoms with Crippen molar-refractivity contribution < 1.29 is 23.5 Å². The number of halogens is 2. The first-order valence-corrected chi connectivity index (χ1v) is 10.9. The minimum atomic E-state index is -0.721. The summed E-state index contributed by atoms with van der Waals surface area (Å²) >= 11 is 6.12.